The third-order valence-electron chi connectivity index (χ3n) is 2.82. The summed E-state index contributed by atoms with van der Waals surface area (Å²) in [5.41, 5.74) is 5.24. The Morgan fingerprint density at radius 2 is 2.06 bits per heavy atom. The molecular weight excluding hydrogens is 217 g/mol. The molecule has 1 aliphatic rings. The van der Waals surface area contributed by atoms with Crippen LogP contribution in [-0.4, -0.2) is 6.54 Å². The minimum Gasteiger partial charge on any atom is -0.399 e. The zero-order chi connectivity index (χ0) is 11.8. The van der Waals surface area contributed by atoms with Gasteiger partial charge in [0.2, 0.25) is 0 Å². The summed E-state index contributed by atoms with van der Waals surface area (Å²) in [4.78, 5) is 0. The number of alkyl halides is 3. The summed E-state index contributed by atoms with van der Waals surface area (Å²) in [6, 6.07) is 3.80. The minimum absolute atomic E-state index is 0.147. The van der Waals surface area contributed by atoms with Crippen LogP contribution in [0.3, 0.4) is 0 Å². The predicted octanol–water partition coefficient (Wildman–Crippen LogP) is 2.71. The average Bonchev–Trinajstić information content (AvgIpc) is 2.69. The van der Waals surface area contributed by atoms with Gasteiger partial charge in [0.15, 0.2) is 0 Å². The monoisotopic (exact) mass is 230 g/mol. The van der Waals surface area contributed by atoms with Crippen molar-refractivity contribution < 1.29 is 13.2 Å². The maximum atomic E-state index is 12.8. The number of halogens is 3. The number of nitrogens with two attached hydrogens (primary N) is 1. The molecule has 1 fully saturated rings. The van der Waals surface area contributed by atoms with Crippen LogP contribution in [0.1, 0.15) is 30.0 Å². The van der Waals surface area contributed by atoms with Crippen molar-refractivity contribution in [2.75, 3.05) is 12.3 Å². The molecule has 1 atom stereocenters. The molecule has 1 heterocycles. The Hall–Kier alpha value is -1.23. The van der Waals surface area contributed by atoms with Gasteiger partial charge in [0.25, 0.3) is 0 Å². The van der Waals surface area contributed by atoms with Crippen molar-refractivity contribution >= 4 is 5.69 Å². The molecule has 0 radical (unpaired) electrons. The summed E-state index contributed by atoms with van der Waals surface area (Å²) in [5, 5.41) is 3.06. The van der Waals surface area contributed by atoms with Crippen molar-refractivity contribution in [1.82, 2.24) is 5.32 Å². The summed E-state index contributed by atoms with van der Waals surface area (Å²) in [6.45, 7) is 0.770. The number of anilines is 1. The molecule has 0 bridgehead atoms. The molecule has 2 nitrogen and oxygen atoms in total. The first-order valence-electron chi connectivity index (χ1n) is 5.18. The first-order chi connectivity index (χ1) is 7.48. The molecule has 0 aliphatic carbocycles. The van der Waals surface area contributed by atoms with E-state index in [1.165, 1.54) is 12.1 Å². The van der Waals surface area contributed by atoms with Crippen LogP contribution in [0.4, 0.5) is 18.9 Å². The molecule has 0 amide bonds. The Kier molecular flexibility index (Phi) is 2.80. The lowest BCUT2D eigenvalue weighted by atomic mass is 9.98. The van der Waals surface area contributed by atoms with Gasteiger partial charge >= 0.3 is 6.18 Å². The van der Waals surface area contributed by atoms with Gasteiger partial charge in [-0.1, -0.05) is 6.07 Å². The lowest BCUT2D eigenvalue weighted by molar-refractivity contribution is -0.138. The van der Waals surface area contributed by atoms with E-state index in [1.807, 2.05) is 0 Å². The van der Waals surface area contributed by atoms with Crippen LogP contribution in [0, 0.1) is 0 Å². The van der Waals surface area contributed by atoms with Crippen molar-refractivity contribution in [1.29, 1.82) is 0 Å². The molecule has 3 N–H and O–H groups in total. The quantitative estimate of drug-likeness (QED) is 0.728. The van der Waals surface area contributed by atoms with Gasteiger partial charge < -0.3 is 11.1 Å². The molecule has 88 valence electrons. The molecule has 0 spiro atoms. The fourth-order valence-electron chi connectivity index (χ4n) is 2.07. The van der Waals surface area contributed by atoms with Crippen LogP contribution in [-0.2, 0) is 6.18 Å². The summed E-state index contributed by atoms with van der Waals surface area (Å²) < 4.78 is 38.4. The molecule has 1 aliphatic heterocycles. The van der Waals surface area contributed by atoms with Gasteiger partial charge in [-0.15, -0.1) is 0 Å². The van der Waals surface area contributed by atoms with Crippen molar-refractivity contribution in [3.05, 3.63) is 29.3 Å². The second-order valence-corrected chi connectivity index (χ2v) is 3.99. The van der Waals surface area contributed by atoms with Gasteiger partial charge in [-0.25, -0.2) is 0 Å². The SMILES string of the molecule is Nc1ccc([C@H]2CCCN2)c(C(F)(F)F)c1. The number of nitrogen functional groups attached to an aromatic ring is 1. The van der Waals surface area contributed by atoms with Crippen molar-refractivity contribution in [2.45, 2.75) is 25.1 Å². The third kappa shape index (κ3) is 2.14. The number of rotatable bonds is 1. The van der Waals surface area contributed by atoms with Crippen LogP contribution in [0.5, 0.6) is 0 Å². The number of benzene rings is 1. The molecule has 1 aromatic rings. The average molecular weight is 230 g/mol. The zero-order valence-corrected chi connectivity index (χ0v) is 8.64. The molecule has 5 heteroatoms. The molecular formula is C11H13F3N2. The molecule has 0 unspecified atom stereocenters. The van der Waals surface area contributed by atoms with Crippen LogP contribution < -0.4 is 11.1 Å². The highest BCUT2D eigenvalue weighted by Gasteiger charge is 2.35. The van der Waals surface area contributed by atoms with Crippen LogP contribution in [0.2, 0.25) is 0 Å². The Labute approximate surface area is 91.6 Å². The van der Waals surface area contributed by atoms with Gasteiger partial charge in [-0.2, -0.15) is 13.2 Å². The molecule has 1 aromatic carbocycles. The second-order valence-electron chi connectivity index (χ2n) is 3.99. The lowest BCUT2D eigenvalue weighted by Gasteiger charge is -2.18. The standard InChI is InChI=1S/C11H13F3N2/c12-11(13,14)9-6-7(15)3-4-8(9)10-2-1-5-16-10/h3-4,6,10,16H,1-2,5,15H2/t10-/m1/s1. The molecule has 0 saturated carbocycles. The fraction of sp³-hybridized carbons (Fsp3) is 0.455. The molecule has 0 aromatic heterocycles. The highest BCUT2D eigenvalue weighted by Crippen LogP contribution is 2.37. The van der Waals surface area contributed by atoms with E-state index in [2.05, 4.69) is 5.32 Å². The fourth-order valence-corrected chi connectivity index (χ4v) is 2.07. The Morgan fingerprint density at radius 1 is 1.31 bits per heavy atom. The van der Waals surface area contributed by atoms with Gasteiger partial charge in [0.1, 0.15) is 0 Å². The Morgan fingerprint density at radius 3 is 2.62 bits per heavy atom. The van der Waals surface area contributed by atoms with E-state index in [9.17, 15) is 13.2 Å². The number of hydrogen-bond acceptors (Lipinski definition) is 2. The Bertz CT molecular complexity index is 381. The largest absolute Gasteiger partial charge is 0.416 e. The highest BCUT2D eigenvalue weighted by molar-refractivity contribution is 5.47. The predicted molar refractivity (Wildman–Crippen MR) is 55.8 cm³/mol. The third-order valence-corrected chi connectivity index (χ3v) is 2.82. The second kappa shape index (κ2) is 3.97. The van der Waals surface area contributed by atoms with Crippen LogP contribution in [0.15, 0.2) is 18.2 Å². The van der Waals surface area contributed by atoms with E-state index in [0.29, 0.717) is 5.56 Å². The van der Waals surface area contributed by atoms with Gasteiger partial charge in [-0.05, 0) is 37.1 Å². The van der Waals surface area contributed by atoms with E-state index in [-0.39, 0.29) is 11.7 Å². The van der Waals surface area contributed by atoms with E-state index >= 15 is 0 Å². The summed E-state index contributed by atoms with van der Waals surface area (Å²) in [7, 11) is 0. The summed E-state index contributed by atoms with van der Waals surface area (Å²) >= 11 is 0. The van der Waals surface area contributed by atoms with Gasteiger partial charge in [0.05, 0.1) is 5.56 Å². The Balaban J connectivity index is 2.43. The van der Waals surface area contributed by atoms with E-state index < -0.39 is 11.7 Å². The maximum absolute atomic E-state index is 12.8. The topological polar surface area (TPSA) is 38.0 Å². The number of hydrogen-bond donors (Lipinski definition) is 2. The first kappa shape index (κ1) is 11.3. The van der Waals surface area contributed by atoms with E-state index in [1.54, 1.807) is 0 Å². The normalized spacial score (nSPS) is 21.3. The van der Waals surface area contributed by atoms with E-state index in [4.69, 9.17) is 5.73 Å². The minimum atomic E-state index is -4.34. The van der Waals surface area contributed by atoms with Gasteiger partial charge in [0, 0.05) is 11.7 Å². The van der Waals surface area contributed by atoms with Crippen LogP contribution in [0.25, 0.3) is 0 Å². The summed E-state index contributed by atoms with van der Waals surface area (Å²) in [6.07, 6.45) is -2.69. The molecule has 16 heavy (non-hydrogen) atoms. The molecule has 2 rings (SSSR count). The van der Waals surface area contributed by atoms with Crippen molar-refractivity contribution in [2.24, 2.45) is 0 Å². The van der Waals surface area contributed by atoms with Crippen molar-refractivity contribution in [3.8, 4) is 0 Å². The summed E-state index contributed by atoms with van der Waals surface area (Å²) in [5.74, 6) is 0. The zero-order valence-electron chi connectivity index (χ0n) is 8.64. The number of nitrogens with one attached hydrogen (secondary N) is 1. The molecule has 1 saturated heterocycles. The first-order valence-corrected chi connectivity index (χ1v) is 5.18. The lowest BCUT2D eigenvalue weighted by Crippen LogP contribution is -2.18. The van der Waals surface area contributed by atoms with Gasteiger partial charge in [-0.3, -0.25) is 0 Å². The van der Waals surface area contributed by atoms with E-state index in [0.717, 1.165) is 25.5 Å². The van der Waals surface area contributed by atoms with Crippen LogP contribution >= 0.6 is 0 Å². The highest BCUT2D eigenvalue weighted by atomic mass is 19.4. The van der Waals surface area contributed by atoms with Crippen molar-refractivity contribution in [3.63, 3.8) is 0 Å². The smallest absolute Gasteiger partial charge is 0.399 e. The maximum Gasteiger partial charge on any atom is 0.416 e.